The van der Waals surface area contributed by atoms with Crippen LogP contribution in [0.15, 0.2) is 115 Å². The number of benzene rings is 4. The van der Waals surface area contributed by atoms with Crippen molar-refractivity contribution < 1.29 is 9.13 Å². The Labute approximate surface area is 201 Å². The van der Waals surface area contributed by atoms with E-state index in [9.17, 15) is 4.39 Å². The summed E-state index contributed by atoms with van der Waals surface area (Å²) in [6.45, 7) is 0.919. The first-order chi connectivity index (χ1) is 16.7. The van der Waals surface area contributed by atoms with Crippen LogP contribution in [0.2, 0.25) is 0 Å². The molecule has 0 heterocycles. The summed E-state index contributed by atoms with van der Waals surface area (Å²) in [4.78, 5) is 0. The van der Waals surface area contributed by atoms with Gasteiger partial charge in [0, 0.05) is 25.0 Å². The maximum Gasteiger partial charge on any atom is 0.123 e. The molecule has 0 amide bonds. The van der Waals surface area contributed by atoms with Gasteiger partial charge in [0.05, 0.1) is 6.61 Å². The summed E-state index contributed by atoms with van der Waals surface area (Å²) < 4.78 is 20.3. The van der Waals surface area contributed by atoms with E-state index < -0.39 is 0 Å². The third-order valence-corrected chi connectivity index (χ3v) is 5.86. The number of halogens is 1. The molecule has 0 spiro atoms. The van der Waals surface area contributed by atoms with E-state index in [0.717, 1.165) is 46.4 Å². The number of aryl methyl sites for hydroxylation is 1. The van der Waals surface area contributed by atoms with Crippen LogP contribution in [0, 0.1) is 5.82 Å². The Balaban J connectivity index is 1.76. The number of rotatable bonds is 10. The summed E-state index contributed by atoms with van der Waals surface area (Å²) in [5, 5.41) is 0. The number of hydrogen-bond acceptors (Lipinski definition) is 2. The predicted molar refractivity (Wildman–Crippen MR) is 139 cm³/mol. The molecular formula is C31H30FNO. The summed E-state index contributed by atoms with van der Waals surface area (Å²) in [6, 6.07) is 35.8. The molecule has 0 aliphatic carbocycles. The second-order valence-electron chi connectivity index (χ2n) is 8.23. The van der Waals surface area contributed by atoms with Crippen LogP contribution in [0.5, 0.6) is 0 Å². The molecule has 0 radical (unpaired) electrons. The number of nitrogens with two attached hydrogens (primary N) is 1. The first-order valence-corrected chi connectivity index (χ1v) is 11.7. The fourth-order valence-electron chi connectivity index (χ4n) is 4.20. The lowest BCUT2D eigenvalue weighted by atomic mass is 9.90. The van der Waals surface area contributed by atoms with Crippen molar-refractivity contribution in [1.82, 2.24) is 0 Å². The van der Waals surface area contributed by atoms with Crippen molar-refractivity contribution in [2.24, 2.45) is 5.73 Å². The highest BCUT2D eigenvalue weighted by atomic mass is 19.1. The Bertz CT molecular complexity index is 1220. The largest absolute Gasteiger partial charge is 0.496 e. The van der Waals surface area contributed by atoms with Gasteiger partial charge in [0.25, 0.3) is 0 Å². The molecule has 2 nitrogen and oxygen atoms in total. The van der Waals surface area contributed by atoms with Crippen molar-refractivity contribution in [3.05, 3.63) is 137 Å². The van der Waals surface area contributed by atoms with E-state index in [1.807, 2.05) is 42.5 Å². The van der Waals surface area contributed by atoms with E-state index in [1.165, 1.54) is 11.6 Å². The molecule has 0 saturated heterocycles. The van der Waals surface area contributed by atoms with Gasteiger partial charge < -0.3 is 10.5 Å². The summed E-state index contributed by atoms with van der Waals surface area (Å²) in [7, 11) is 0. The lowest BCUT2D eigenvalue weighted by Gasteiger charge is -2.19. The van der Waals surface area contributed by atoms with E-state index in [2.05, 4.69) is 48.5 Å². The van der Waals surface area contributed by atoms with Gasteiger partial charge in [-0.3, -0.25) is 0 Å². The molecule has 0 bridgehead atoms. The van der Waals surface area contributed by atoms with Crippen LogP contribution >= 0.6 is 0 Å². The molecule has 4 aromatic rings. The summed E-state index contributed by atoms with van der Waals surface area (Å²) in [6.07, 6.45) is 2.32. The SMILES string of the molecule is NCCOC(CCc1ccccc1)=C(Cc1ccccc1-c1cccc(F)c1)c1ccccc1. The van der Waals surface area contributed by atoms with Crippen LogP contribution in [0.4, 0.5) is 4.39 Å². The zero-order chi connectivity index (χ0) is 23.6. The van der Waals surface area contributed by atoms with Crippen LogP contribution in [0.25, 0.3) is 16.7 Å². The Kier molecular flexibility index (Phi) is 8.26. The van der Waals surface area contributed by atoms with E-state index in [0.29, 0.717) is 19.6 Å². The van der Waals surface area contributed by atoms with Crippen molar-refractivity contribution >= 4 is 5.57 Å². The highest BCUT2D eigenvalue weighted by molar-refractivity contribution is 5.75. The highest BCUT2D eigenvalue weighted by Crippen LogP contribution is 2.32. The van der Waals surface area contributed by atoms with E-state index >= 15 is 0 Å². The van der Waals surface area contributed by atoms with E-state index in [4.69, 9.17) is 10.5 Å². The Morgan fingerprint density at radius 3 is 2.21 bits per heavy atom. The molecule has 0 fully saturated rings. The second kappa shape index (κ2) is 12.0. The molecule has 4 rings (SSSR count). The molecule has 172 valence electrons. The molecule has 4 aromatic carbocycles. The Hall–Kier alpha value is -3.69. The maximum atomic E-state index is 14.0. The predicted octanol–water partition coefficient (Wildman–Crippen LogP) is 7.05. The molecule has 0 saturated carbocycles. The molecular weight excluding hydrogens is 421 g/mol. The average molecular weight is 452 g/mol. The van der Waals surface area contributed by atoms with Gasteiger partial charge in [-0.15, -0.1) is 0 Å². The topological polar surface area (TPSA) is 35.2 Å². The molecule has 0 aromatic heterocycles. The van der Waals surface area contributed by atoms with Gasteiger partial charge in [0.1, 0.15) is 11.6 Å². The van der Waals surface area contributed by atoms with Crippen molar-refractivity contribution in [2.45, 2.75) is 19.3 Å². The number of allylic oxidation sites excluding steroid dienone is 2. The Morgan fingerprint density at radius 2 is 1.47 bits per heavy atom. The fraction of sp³-hybridized carbons (Fsp3) is 0.161. The zero-order valence-electron chi connectivity index (χ0n) is 19.3. The van der Waals surface area contributed by atoms with Gasteiger partial charge in [0.15, 0.2) is 0 Å². The minimum absolute atomic E-state index is 0.235. The minimum Gasteiger partial charge on any atom is -0.496 e. The summed E-state index contributed by atoms with van der Waals surface area (Å²) >= 11 is 0. The standard InChI is InChI=1S/C31H30FNO/c32-28-16-9-15-26(22-28)29-17-8-7-14-27(29)23-30(25-12-5-2-6-13-25)31(34-21-20-33)19-18-24-10-3-1-4-11-24/h1-17,22H,18-21,23,33H2. The van der Waals surface area contributed by atoms with Crippen LogP contribution < -0.4 is 5.73 Å². The number of hydrogen-bond donors (Lipinski definition) is 1. The van der Waals surface area contributed by atoms with E-state index in [-0.39, 0.29) is 5.82 Å². The van der Waals surface area contributed by atoms with Gasteiger partial charge >= 0.3 is 0 Å². The fourth-order valence-corrected chi connectivity index (χ4v) is 4.20. The molecule has 0 unspecified atom stereocenters. The minimum atomic E-state index is -0.235. The quantitative estimate of drug-likeness (QED) is 0.262. The molecule has 0 aliphatic heterocycles. The van der Waals surface area contributed by atoms with Crippen molar-refractivity contribution in [3.63, 3.8) is 0 Å². The van der Waals surface area contributed by atoms with Gasteiger partial charge in [-0.2, -0.15) is 0 Å². The van der Waals surface area contributed by atoms with Crippen LogP contribution in [0.1, 0.15) is 23.1 Å². The lowest BCUT2D eigenvalue weighted by Crippen LogP contribution is -2.11. The summed E-state index contributed by atoms with van der Waals surface area (Å²) in [5.41, 5.74) is 12.4. The van der Waals surface area contributed by atoms with E-state index in [1.54, 1.807) is 12.1 Å². The third-order valence-electron chi connectivity index (χ3n) is 5.86. The van der Waals surface area contributed by atoms with Crippen LogP contribution in [-0.2, 0) is 17.6 Å². The van der Waals surface area contributed by atoms with Gasteiger partial charge in [0.2, 0.25) is 0 Å². The lowest BCUT2D eigenvalue weighted by molar-refractivity contribution is 0.212. The van der Waals surface area contributed by atoms with Gasteiger partial charge in [-0.25, -0.2) is 4.39 Å². The monoisotopic (exact) mass is 451 g/mol. The van der Waals surface area contributed by atoms with Crippen LogP contribution in [-0.4, -0.2) is 13.2 Å². The first kappa shape index (κ1) is 23.5. The van der Waals surface area contributed by atoms with Gasteiger partial charge in [-0.1, -0.05) is 97.1 Å². The summed E-state index contributed by atoms with van der Waals surface area (Å²) in [5.74, 6) is 0.718. The third kappa shape index (κ3) is 6.21. The Morgan fingerprint density at radius 1 is 0.765 bits per heavy atom. The smallest absolute Gasteiger partial charge is 0.123 e. The molecule has 0 aliphatic rings. The van der Waals surface area contributed by atoms with Crippen molar-refractivity contribution in [3.8, 4) is 11.1 Å². The molecule has 0 atom stereocenters. The van der Waals surface area contributed by atoms with Crippen LogP contribution in [0.3, 0.4) is 0 Å². The first-order valence-electron chi connectivity index (χ1n) is 11.7. The van der Waals surface area contributed by atoms with Gasteiger partial charge in [-0.05, 0) is 46.4 Å². The molecule has 3 heteroatoms. The molecule has 34 heavy (non-hydrogen) atoms. The molecule has 2 N–H and O–H groups in total. The average Bonchev–Trinajstić information content (AvgIpc) is 2.89. The number of ether oxygens (including phenoxy) is 1. The normalized spacial score (nSPS) is 11.7. The van der Waals surface area contributed by atoms with Crippen molar-refractivity contribution in [1.29, 1.82) is 0 Å². The highest BCUT2D eigenvalue weighted by Gasteiger charge is 2.15. The van der Waals surface area contributed by atoms with Crippen molar-refractivity contribution in [2.75, 3.05) is 13.2 Å². The zero-order valence-corrected chi connectivity index (χ0v) is 19.3. The second-order valence-corrected chi connectivity index (χ2v) is 8.23. The maximum absolute atomic E-state index is 14.0.